The number of allylic oxidation sites excluding steroid dienone is 1. The van der Waals surface area contributed by atoms with Gasteiger partial charge in [0.05, 0.1) is 12.3 Å². The van der Waals surface area contributed by atoms with Gasteiger partial charge < -0.3 is 21.3 Å². The van der Waals surface area contributed by atoms with Gasteiger partial charge in [0.1, 0.15) is 11.4 Å². The topological polar surface area (TPSA) is 106 Å². The molecule has 7 heteroatoms. The summed E-state index contributed by atoms with van der Waals surface area (Å²) in [6.07, 6.45) is 3.18. The number of hydrogen-bond acceptors (Lipinski definition) is 5. The van der Waals surface area contributed by atoms with Crippen molar-refractivity contribution < 1.29 is 14.3 Å². The largest absolute Gasteiger partial charge is 0.462 e. The highest BCUT2D eigenvalue weighted by Gasteiger charge is 2.22. The third kappa shape index (κ3) is 3.51. The van der Waals surface area contributed by atoms with Gasteiger partial charge in [-0.2, -0.15) is 4.99 Å². The summed E-state index contributed by atoms with van der Waals surface area (Å²) in [5, 5.41) is 0. The van der Waals surface area contributed by atoms with Gasteiger partial charge >= 0.3 is 5.97 Å². The number of ether oxygens (including phenoxy) is 1. The summed E-state index contributed by atoms with van der Waals surface area (Å²) < 4.78 is 4.95. The molecule has 2 rings (SSSR count). The number of hydrazine groups is 1. The molecule has 0 bridgehead atoms. The van der Waals surface area contributed by atoms with E-state index in [1.54, 1.807) is 49.5 Å². The Bertz CT molecular complexity index is 663. The Hall–Kier alpha value is -3.09. The Morgan fingerprint density at radius 2 is 2.00 bits per heavy atom. The third-order valence-corrected chi connectivity index (χ3v) is 2.79. The highest BCUT2D eigenvalue weighted by atomic mass is 16.5. The molecule has 1 amide bonds. The molecule has 0 aromatic heterocycles. The highest BCUT2D eigenvalue weighted by Crippen LogP contribution is 2.10. The first-order valence-corrected chi connectivity index (χ1v) is 6.67. The second kappa shape index (κ2) is 7.07. The number of esters is 1. The number of amides is 1. The predicted molar refractivity (Wildman–Crippen MR) is 81.5 cm³/mol. The number of rotatable bonds is 4. The number of amidine groups is 1. The Balaban J connectivity index is 2.33. The van der Waals surface area contributed by atoms with Gasteiger partial charge in [-0.1, -0.05) is 18.2 Å². The van der Waals surface area contributed by atoms with Crippen molar-refractivity contribution in [2.45, 2.75) is 6.92 Å². The van der Waals surface area contributed by atoms with E-state index >= 15 is 0 Å². The minimum absolute atomic E-state index is 0.00683. The van der Waals surface area contributed by atoms with Crippen molar-refractivity contribution in [3.8, 4) is 0 Å². The first-order chi connectivity index (χ1) is 10.6. The summed E-state index contributed by atoms with van der Waals surface area (Å²) in [6, 6.07) is 8.45. The number of aliphatic imine (C=N–C) groups is 1. The molecule has 1 aromatic rings. The van der Waals surface area contributed by atoms with Crippen molar-refractivity contribution in [3.63, 3.8) is 0 Å². The molecule has 4 N–H and O–H groups in total. The molecular weight excluding hydrogens is 284 g/mol. The van der Waals surface area contributed by atoms with Crippen LogP contribution in [0.25, 0.3) is 0 Å². The van der Waals surface area contributed by atoms with Crippen LogP contribution in [0.3, 0.4) is 0 Å². The zero-order chi connectivity index (χ0) is 15.9. The Morgan fingerprint density at radius 1 is 1.27 bits per heavy atom. The van der Waals surface area contributed by atoms with Gasteiger partial charge in [0.2, 0.25) is 0 Å². The summed E-state index contributed by atoms with van der Waals surface area (Å²) in [6.45, 7) is 1.87. The average Bonchev–Trinajstić information content (AvgIpc) is 3.02. The molecule has 0 spiro atoms. The lowest BCUT2D eigenvalue weighted by Crippen LogP contribution is -2.30. The average molecular weight is 300 g/mol. The summed E-state index contributed by atoms with van der Waals surface area (Å²) in [5.41, 5.74) is 12.0. The Morgan fingerprint density at radius 3 is 2.59 bits per heavy atom. The van der Waals surface area contributed by atoms with E-state index < -0.39 is 11.9 Å². The molecule has 1 aromatic carbocycles. The maximum atomic E-state index is 12.1. The van der Waals surface area contributed by atoms with E-state index in [9.17, 15) is 9.59 Å². The fraction of sp³-hybridized carbons (Fsp3) is 0.133. The quantitative estimate of drug-likeness (QED) is 0.326. The lowest BCUT2D eigenvalue weighted by molar-refractivity contribution is -0.137. The van der Waals surface area contributed by atoms with Gasteiger partial charge in [-0.05, 0) is 25.1 Å². The van der Waals surface area contributed by atoms with Crippen LogP contribution < -0.4 is 16.6 Å². The van der Waals surface area contributed by atoms with E-state index in [1.807, 2.05) is 0 Å². The molecule has 0 fully saturated rings. The van der Waals surface area contributed by atoms with Crippen molar-refractivity contribution >= 4 is 17.7 Å². The maximum Gasteiger partial charge on any atom is 0.344 e. The molecule has 114 valence electrons. The standard InChI is InChI=1S/C15H16N4O3/c1-2-22-15(21)12(11-8-9-17-19-11)13(16)18-14(20)10-6-4-3-5-7-10/h3-9,17,19H,2H2,1H3,(H2,16,18,20)/b12-11-. The lowest BCUT2D eigenvalue weighted by Gasteiger charge is -2.09. The van der Waals surface area contributed by atoms with Crippen LogP contribution in [0.2, 0.25) is 0 Å². The van der Waals surface area contributed by atoms with Crippen LogP contribution in [0.5, 0.6) is 0 Å². The summed E-state index contributed by atoms with van der Waals surface area (Å²) in [5.74, 6) is -1.39. The lowest BCUT2D eigenvalue weighted by atomic mass is 10.1. The van der Waals surface area contributed by atoms with Crippen molar-refractivity contribution in [2.24, 2.45) is 10.7 Å². The number of hydrogen-bond donors (Lipinski definition) is 3. The van der Waals surface area contributed by atoms with E-state index in [0.717, 1.165) is 0 Å². The van der Waals surface area contributed by atoms with Crippen LogP contribution in [0, 0.1) is 0 Å². The monoisotopic (exact) mass is 300 g/mol. The van der Waals surface area contributed by atoms with E-state index in [1.165, 1.54) is 0 Å². The van der Waals surface area contributed by atoms with Crippen LogP contribution in [-0.4, -0.2) is 24.3 Å². The minimum atomic E-state index is -0.652. The summed E-state index contributed by atoms with van der Waals surface area (Å²) in [4.78, 5) is 27.9. The van der Waals surface area contributed by atoms with Crippen molar-refractivity contribution in [1.82, 2.24) is 10.9 Å². The van der Waals surface area contributed by atoms with Crippen LogP contribution in [0.15, 0.2) is 58.9 Å². The van der Waals surface area contributed by atoms with Gasteiger partial charge in [0, 0.05) is 11.8 Å². The normalized spacial score (nSPS) is 15.8. The molecule has 0 unspecified atom stereocenters. The molecular formula is C15H16N4O3. The third-order valence-electron chi connectivity index (χ3n) is 2.79. The first-order valence-electron chi connectivity index (χ1n) is 6.67. The fourth-order valence-electron chi connectivity index (χ4n) is 1.80. The van der Waals surface area contributed by atoms with Crippen molar-refractivity contribution in [1.29, 1.82) is 0 Å². The van der Waals surface area contributed by atoms with Gasteiger partial charge in [0.15, 0.2) is 0 Å². The van der Waals surface area contributed by atoms with Crippen molar-refractivity contribution in [2.75, 3.05) is 6.61 Å². The number of carbonyl (C=O) groups is 2. The van der Waals surface area contributed by atoms with Crippen LogP contribution in [0.1, 0.15) is 17.3 Å². The van der Waals surface area contributed by atoms with Crippen LogP contribution >= 0.6 is 0 Å². The SMILES string of the molecule is CCOC(=O)/C(C(N)=NC(=O)c1ccccc1)=C1/C=CNN1. The number of nitrogens with zero attached hydrogens (tertiary/aromatic N) is 1. The second-order valence-corrected chi connectivity index (χ2v) is 4.28. The van der Waals surface area contributed by atoms with Crippen LogP contribution in [-0.2, 0) is 9.53 Å². The van der Waals surface area contributed by atoms with Crippen molar-refractivity contribution in [3.05, 3.63) is 59.4 Å². The number of benzene rings is 1. The minimum Gasteiger partial charge on any atom is -0.462 e. The first kappa shape index (κ1) is 15.3. The van der Waals surface area contributed by atoms with Gasteiger partial charge in [0.25, 0.3) is 5.91 Å². The summed E-state index contributed by atoms with van der Waals surface area (Å²) in [7, 11) is 0. The Kier molecular flexibility index (Phi) is 4.92. The number of nitrogens with one attached hydrogen (secondary N) is 2. The molecule has 0 saturated carbocycles. The molecule has 0 atom stereocenters. The van der Waals surface area contributed by atoms with Gasteiger partial charge in [-0.15, -0.1) is 0 Å². The zero-order valence-electron chi connectivity index (χ0n) is 12.0. The number of nitrogens with two attached hydrogens (primary N) is 1. The Labute approximate surface area is 127 Å². The molecule has 0 radical (unpaired) electrons. The predicted octanol–water partition coefficient (Wildman–Crippen LogP) is 0.623. The van der Waals surface area contributed by atoms with E-state index in [-0.39, 0.29) is 18.0 Å². The molecule has 1 aliphatic rings. The van der Waals surface area contributed by atoms with E-state index in [2.05, 4.69) is 15.8 Å². The molecule has 1 heterocycles. The van der Waals surface area contributed by atoms with E-state index in [0.29, 0.717) is 11.3 Å². The van der Waals surface area contributed by atoms with Gasteiger partial charge in [-0.25, -0.2) is 4.79 Å². The number of carbonyl (C=O) groups excluding carboxylic acids is 2. The highest BCUT2D eigenvalue weighted by molar-refractivity contribution is 6.22. The molecule has 22 heavy (non-hydrogen) atoms. The maximum absolute atomic E-state index is 12.1. The molecule has 0 aliphatic carbocycles. The van der Waals surface area contributed by atoms with Gasteiger partial charge in [-0.3, -0.25) is 4.79 Å². The molecule has 0 saturated heterocycles. The zero-order valence-corrected chi connectivity index (χ0v) is 12.0. The van der Waals surface area contributed by atoms with E-state index in [4.69, 9.17) is 10.5 Å². The second-order valence-electron chi connectivity index (χ2n) is 4.28. The fourth-order valence-corrected chi connectivity index (χ4v) is 1.80. The van der Waals surface area contributed by atoms with Crippen LogP contribution in [0.4, 0.5) is 0 Å². The molecule has 7 nitrogen and oxygen atoms in total. The smallest absolute Gasteiger partial charge is 0.344 e. The summed E-state index contributed by atoms with van der Waals surface area (Å²) >= 11 is 0. The molecule has 1 aliphatic heterocycles.